The molecular weight excluding hydrogens is 476 g/mol. The van der Waals surface area contributed by atoms with E-state index in [1.165, 1.54) is 0 Å². The topological polar surface area (TPSA) is 86.7 Å². The number of carboxylic acid groups (broad SMARTS) is 1. The first-order valence-corrected chi connectivity index (χ1v) is 12.2. The van der Waals surface area contributed by atoms with Crippen molar-refractivity contribution in [3.05, 3.63) is 106 Å². The normalized spacial score (nSPS) is 18.5. The molecule has 3 aromatic rings. The van der Waals surface area contributed by atoms with Crippen LogP contribution in [0.2, 0.25) is 5.02 Å². The van der Waals surface area contributed by atoms with Crippen LogP contribution in [0, 0.1) is 12.8 Å². The standard InChI is InChI=1S/C29H25ClN2O4/c1-17-6-11-25(30)24(14-17)27(33)31-21-9-7-18(8-10-21)28(34)32-13-12-19-15-20(29(35)36)16-23(19)22-4-2-3-5-26(22)32/h2-11,14,16,19,23H,12-13,15H2,1H3,(H,31,33)(H,35,36)/t19?,23-/m0/s1. The summed E-state index contributed by atoms with van der Waals surface area (Å²) in [5.74, 6) is -1.18. The van der Waals surface area contributed by atoms with Crippen LogP contribution in [-0.4, -0.2) is 29.4 Å². The van der Waals surface area contributed by atoms with Crippen molar-refractivity contribution in [2.45, 2.75) is 25.7 Å². The molecule has 0 aromatic heterocycles. The van der Waals surface area contributed by atoms with Gasteiger partial charge in [0, 0.05) is 35.0 Å². The highest BCUT2D eigenvalue weighted by Gasteiger charge is 2.37. The third-order valence-electron chi connectivity index (χ3n) is 6.96. The number of benzene rings is 3. The van der Waals surface area contributed by atoms with Crippen LogP contribution in [0.5, 0.6) is 0 Å². The zero-order valence-electron chi connectivity index (χ0n) is 19.7. The molecule has 2 atom stereocenters. The Labute approximate surface area is 214 Å². The first-order chi connectivity index (χ1) is 17.3. The van der Waals surface area contributed by atoms with Gasteiger partial charge in [0.05, 0.1) is 10.6 Å². The molecular formula is C29H25ClN2O4. The van der Waals surface area contributed by atoms with Gasteiger partial charge in [0.15, 0.2) is 0 Å². The third-order valence-corrected chi connectivity index (χ3v) is 7.29. The molecule has 5 rings (SSSR count). The number of aryl methyl sites for hydroxylation is 1. The average Bonchev–Trinajstić information content (AvgIpc) is 3.24. The Morgan fingerprint density at radius 3 is 2.53 bits per heavy atom. The van der Waals surface area contributed by atoms with E-state index in [0.29, 0.717) is 46.8 Å². The fourth-order valence-corrected chi connectivity index (χ4v) is 5.32. The smallest absolute Gasteiger partial charge is 0.331 e. The van der Waals surface area contributed by atoms with Gasteiger partial charge in [-0.25, -0.2) is 4.79 Å². The van der Waals surface area contributed by atoms with Crippen LogP contribution in [0.3, 0.4) is 0 Å². The number of carbonyl (C=O) groups is 3. The molecule has 0 radical (unpaired) electrons. The van der Waals surface area contributed by atoms with Gasteiger partial charge in [-0.2, -0.15) is 0 Å². The lowest BCUT2D eigenvalue weighted by molar-refractivity contribution is -0.132. The Kier molecular flexibility index (Phi) is 6.37. The maximum Gasteiger partial charge on any atom is 0.331 e. The molecule has 7 heteroatoms. The van der Waals surface area contributed by atoms with E-state index >= 15 is 0 Å². The van der Waals surface area contributed by atoms with Crippen LogP contribution in [0.4, 0.5) is 11.4 Å². The number of hydrogen-bond acceptors (Lipinski definition) is 3. The van der Waals surface area contributed by atoms with Gasteiger partial charge in [0.1, 0.15) is 0 Å². The van der Waals surface area contributed by atoms with Crippen molar-refractivity contribution < 1.29 is 19.5 Å². The minimum atomic E-state index is -0.870. The lowest BCUT2D eigenvalue weighted by atomic mass is 9.87. The van der Waals surface area contributed by atoms with Crippen molar-refractivity contribution in [1.29, 1.82) is 0 Å². The van der Waals surface area contributed by atoms with Crippen LogP contribution in [-0.2, 0) is 4.79 Å². The minimum Gasteiger partial charge on any atom is -0.478 e. The van der Waals surface area contributed by atoms with Gasteiger partial charge in [-0.1, -0.05) is 47.5 Å². The molecule has 2 amide bonds. The van der Waals surface area contributed by atoms with Gasteiger partial charge in [-0.05, 0) is 73.7 Å². The van der Waals surface area contributed by atoms with Crippen molar-refractivity contribution >= 4 is 40.8 Å². The number of carboxylic acids is 1. The number of amides is 2. The van der Waals surface area contributed by atoms with Crippen LogP contribution in [0.25, 0.3) is 0 Å². The lowest BCUT2D eigenvalue weighted by Crippen LogP contribution is -2.32. The van der Waals surface area contributed by atoms with E-state index in [1.54, 1.807) is 41.3 Å². The quantitative estimate of drug-likeness (QED) is 0.455. The Morgan fingerprint density at radius 2 is 1.78 bits per heavy atom. The van der Waals surface area contributed by atoms with Crippen molar-refractivity contribution in [3.8, 4) is 0 Å². The number of anilines is 2. The van der Waals surface area contributed by atoms with Gasteiger partial charge in [-0.15, -0.1) is 0 Å². The molecule has 2 aliphatic rings. The number of allylic oxidation sites excluding steroid dienone is 1. The molecule has 1 unspecified atom stereocenters. The van der Waals surface area contributed by atoms with Gasteiger partial charge in [-0.3, -0.25) is 9.59 Å². The van der Waals surface area contributed by atoms with Gasteiger partial charge < -0.3 is 15.3 Å². The molecule has 0 saturated carbocycles. The molecule has 3 aromatic carbocycles. The van der Waals surface area contributed by atoms with E-state index in [0.717, 1.165) is 16.8 Å². The molecule has 36 heavy (non-hydrogen) atoms. The van der Waals surface area contributed by atoms with E-state index < -0.39 is 5.97 Å². The largest absolute Gasteiger partial charge is 0.478 e. The van der Waals surface area contributed by atoms with Crippen molar-refractivity contribution in [1.82, 2.24) is 0 Å². The summed E-state index contributed by atoms with van der Waals surface area (Å²) in [6, 6.07) is 19.8. The second-order valence-corrected chi connectivity index (χ2v) is 9.71. The van der Waals surface area contributed by atoms with Crippen molar-refractivity contribution in [2.75, 3.05) is 16.8 Å². The van der Waals surface area contributed by atoms with Gasteiger partial charge in [0.25, 0.3) is 11.8 Å². The molecule has 1 aliphatic carbocycles. The van der Waals surface area contributed by atoms with Crippen LogP contribution < -0.4 is 10.2 Å². The van der Waals surface area contributed by atoms with Gasteiger partial charge in [0.2, 0.25) is 0 Å². The molecule has 2 N–H and O–H groups in total. The Balaban J connectivity index is 1.37. The van der Waals surface area contributed by atoms with Crippen LogP contribution in [0.1, 0.15) is 50.6 Å². The maximum absolute atomic E-state index is 13.6. The van der Waals surface area contributed by atoms with E-state index in [-0.39, 0.29) is 23.7 Å². The highest BCUT2D eigenvalue weighted by Crippen LogP contribution is 2.46. The fraction of sp³-hybridized carbons (Fsp3) is 0.207. The number of rotatable bonds is 4. The Bertz CT molecular complexity index is 1400. The van der Waals surface area contributed by atoms with Crippen molar-refractivity contribution in [2.24, 2.45) is 5.92 Å². The summed E-state index contributed by atoms with van der Waals surface area (Å²) in [5.41, 5.74) is 4.62. The maximum atomic E-state index is 13.6. The number of nitrogens with one attached hydrogen (secondary N) is 1. The Morgan fingerprint density at radius 1 is 1.03 bits per heavy atom. The number of fused-ring (bicyclic) bond motifs is 3. The Hall–Kier alpha value is -3.90. The second kappa shape index (κ2) is 9.63. The number of halogens is 1. The summed E-state index contributed by atoms with van der Waals surface area (Å²) in [4.78, 5) is 39.6. The highest BCUT2D eigenvalue weighted by atomic mass is 35.5. The first kappa shape index (κ1) is 23.8. The summed E-state index contributed by atoms with van der Waals surface area (Å²) in [5, 5.41) is 12.7. The zero-order valence-corrected chi connectivity index (χ0v) is 20.5. The molecule has 0 fully saturated rings. The number of nitrogens with zero attached hydrogens (tertiary/aromatic N) is 1. The number of hydrogen-bond donors (Lipinski definition) is 2. The van der Waals surface area contributed by atoms with E-state index in [1.807, 2.05) is 43.3 Å². The SMILES string of the molecule is Cc1ccc(Cl)c(C(=O)Nc2ccc(C(=O)N3CCC4CC(C(=O)O)=C[C@@H]4c4ccccc43)cc2)c1. The molecule has 0 spiro atoms. The van der Waals surface area contributed by atoms with Crippen LogP contribution >= 0.6 is 11.6 Å². The molecule has 1 heterocycles. The minimum absolute atomic E-state index is 0.0175. The average molecular weight is 501 g/mol. The highest BCUT2D eigenvalue weighted by molar-refractivity contribution is 6.34. The van der Waals surface area contributed by atoms with Crippen LogP contribution in [0.15, 0.2) is 78.4 Å². The lowest BCUT2D eigenvalue weighted by Gasteiger charge is -2.24. The monoisotopic (exact) mass is 500 g/mol. The van der Waals surface area contributed by atoms with E-state index in [9.17, 15) is 19.5 Å². The zero-order chi connectivity index (χ0) is 25.4. The van der Waals surface area contributed by atoms with E-state index in [2.05, 4.69) is 5.32 Å². The molecule has 0 bridgehead atoms. The first-order valence-electron chi connectivity index (χ1n) is 11.8. The third kappa shape index (κ3) is 4.52. The summed E-state index contributed by atoms with van der Waals surface area (Å²) in [6.07, 6.45) is 3.07. The summed E-state index contributed by atoms with van der Waals surface area (Å²) < 4.78 is 0. The van der Waals surface area contributed by atoms with Gasteiger partial charge >= 0.3 is 5.97 Å². The number of aliphatic carboxylic acids is 1. The van der Waals surface area contributed by atoms with Crippen molar-refractivity contribution in [3.63, 3.8) is 0 Å². The fourth-order valence-electron chi connectivity index (χ4n) is 5.12. The molecule has 182 valence electrons. The number of carbonyl (C=O) groups excluding carboxylic acids is 2. The molecule has 6 nitrogen and oxygen atoms in total. The summed E-state index contributed by atoms with van der Waals surface area (Å²) >= 11 is 6.18. The predicted octanol–water partition coefficient (Wildman–Crippen LogP) is 6.07. The van der Waals surface area contributed by atoms with E-state index in [4.69, 9.17) is 11.6 Å². The molecule has 1 aliphatic heterocycles. The predicted molar refractivity (Wildman–Crippen MR) is 140 cm³/mol. The second-order valence-electron chi connectivity index (χ2n) is 9.31. The molecule has 0 saturated heterocycles. The number of para-hydroxylation sites is 1. The summed E-state index contributed by atoms with van der Waals surface area (Å²) in [6.45, 7) is 2.39. The summed E-state index contributed by atoms with van der Waals surface area (Å²) in [7, 11) is 0.